The van der Waals surface area contributed by atoms with Crippen LogP contribution in [-0.4, -0.2) is 91.1 Å². The molecule has 7 atom stereocenters. The molecule has 2 N–H and O–H groups in total. The summed E-state index contributed by atoms with van der Waals surface area (Å²) in [5.41, 5.74) is 6.69. The number of fused-ring (bicyclic) bond motifs is 3. The van der Waals surface area contributed by atoms with Gasteiger partial charge in [0.25, 0.3) is 0 Å². The van der Waals surface area contributed by atoms with Gasteiger partial charge >= 0.3 is 6.18 Å². The van der Waals surface area contributed by atoms with E-state index in [9.17, 15) is 18.0 Å². The summed E-state index contributed by atoms with van der Waals surface area (Å²) in [7, 11) is 2.11. The van der Waals surface area contributed by atoms with Crippen molar-refractivity contribution in [2.45, 2.75) is 101 Å². The molecule has 7 fully saturated rings. The molecule has 2 saturated carbocycles. The van der Waals surface area contributed by atoms with Gasteiger partial charge in [-0.2, -0.15) is 13.2 Å². The fraction of sp³-hybridized carbons (Fsp3) is 0.966. The molecule has 7 nitrogen and oxygen atoms in total. The Morgan fingerprint density at radius 2 is 1.74 bits per heavy atom. The highest BCUT2D eigenvalue weighted by Crippen LogP contribution is 2.53. The molecule has 7 aliphatic rings. The van der Waals surface area contributed by atoms with Crippen LogP contribution in [0.25, 0.3) is 0 Å². The van der Waals surface area contributed by atoms with E-state index in [0.29, 0.717) is 31.0 Å². The van der Waals surface area contributed by atoms with Crippen LogP contribution >= 0.6 is 0 Å². The summed E-state index contributed by atoms with van der Waals surface area (Å²) >= 11 is 0. The lowest BCUT2D eigenvalue weighted by Crippen LogP contribution is -2.56. The van der Waals surface area contributed by atoms with Crippen molar-refractivity contribution in [3.63, 3.8) is 0 Å². The molecule has 0 aromatic heterocycles. The number of ether oxygens (including phenoxy) is 1. The van der Waals surface area contributed by atoms with Gasteiger partial charge in [0, 0.05) is 42.5 Å². The number of halogens is 3. The Labute approximate surface area is 230 Å². The summed E-state index contributed by atoms with van der Waals surface area (Å²) in [5.74, 6) is -1.95. The van der Waals surface area contributed by atoms with Gasteiger partial charge in [0.15, 0.2) is 0 Å². The zero-order valence-electron chi connectivity index (χ0n) is 23.3. The first-order chi connectivity index (χ1) is 18.7. The van der Waals surface area contributed by atoms with Gasteiger partial charge in [0.1, 0.15) is 0 Å². The van der Waals surface area contributed by atoms with Crippen LogP contribution in [0, 0.1) is 35.0 Å². The lowest BCUT2D eigenvalue weighted by atomic mass is 9.64. The van der Waals surface area contributed by atoms with Crippen LogP contribution in [0.5, 0.6) is 0 Å². The summed E-state index contributed by atoms with van der Waals surface area (Å²) < 4.78 is 49.1. The zero-order valence-corrected chi connectivity index (χ0v) is 23.3. The molecule has 10 heteroatoms. The molecular weight excluding hydrogens is 507 g/mol. The first kappa shape index (κ1) is 26.9. The van der Waals surface area contributed by atoms with E-state index >= 15 is 0 Å². The van der Waals surface area contributed by atoms with Gasteiger partial charge in [0.2, 0.25) is 5.91 Å². The van der Waals surface area contributed by atoms with E-state index in [0.717, 1.165) is 58.5 Å². The maximum absolute atomic E-state index is 14.5. The van der Waals surface area contributed by atoms with Crippen LogP contribution in [-0.2, 0) is 9.53 Å². The smallest absolute Gasteiger partial charge is 0.380 e. The van der Waals surface area contributed by atoms with Crippen molar-refractivity contribution in [3.05, 3.63) is 0 Å². The van der Waals surface area contributed by atoms with Gasteiger partial charge in [-0.15, -0.1) is 0 Å². The highest BCUT2D eigenvalue weighted by Gasteiger charge is 2.59. The van der Waals surface area contributed by atoms with Crippen molar-refractivity contribution < 1.29 is 22.7 Å². The quantitative estimate of drug-likeness (QED) is 0.525. The van der Waals surface area contributed by atoms with E-state index in [1.165, 1.54) is 25.7 Å². The van der Waals surface area contributed by atoms with Crippen LogP contribution in [0.4, 0.5) is 13.2 Å². The first-order valence-corrected chi connectivity index (χ1v) is 15.6. The average molecular weight is 554 g/mol. The van der Waals surface area contributed by atoms with Crippen molar-refractivity contribution in [3.8, 4) is 0 Å². The lowest BCUT2D eigenvalue weighted by Gasteiger charge is -2.52. The number of nitrogens with zero attached hydrogens (tertiary/aromatic N) is 3. The van der Waals surface area contributed by atoms with E-state index in [-0.39, 0.29) is 35.9 Å². The Kier molecular flexibility index (Phi) is 6.98. The average Bonchev–Trinajstić information content (AvgIpc) is 3.66. The Morgan fingerprint density at radius 1 is 1.00 bits per heavy atom. The van der Waals surface area contributed by atoms with Crippen molar-refractivity contribution in [1.29, 1.82) is 0 Å². The SMILES string of the molecule is CN1CNNC1CC1(C2CCCC(N3CC4C(CC(CN5C6CCC5CC6)CC4C(F)(F)F)C3=O)C2)COC1. The maximum Gasteiger partial charge on any atom is 0.392 e. The van der Waals surface area contributed by atoms with E-state index in [2.05, 4.69) is 27.7 Å². The molecule has 7 unspecified atom stereocenters. The van der Waals surface area contributed by atoms with Crippen LogP contribution in [0.1, 0.15) is 70.6 Å². The number of likely N-dealkylation sites (tertiary alicyclic amines) is 1. The largest absolute Gasteiger partial charge is 0.392 e. The molecular formula is C29H46F3N5O2. The number of nitrogens with one attached hydrogen (secondary N) is 2. The Bertz CT molecular complexity index is 911. The second kappa shape index (κ2) is 10.1. The van der Waals surface area contributed by atoms with E-state index in [4.69, 9.17) is 4.74 Å². The third-order valence-electron chi connectivity index (χ3n) is 12.2. The van der Waals surface area contributed by atoms with Gasteiger partial charge in [0.05, 0.1) is 32.0 Å². The zero-order chi connectivity index (χ0) is 26.9. The number of alkyl halides is 3. The minimum absolute atomic E-state index is 0.0225. The maximum atomic E-state index is 14.5. The van der Waals surface area contributed by atoms with Crippen molar-refractivity contribution in [2.24, 2.45) is 35.0 Å². The Morgan fingerprint density at radius 3 is 2.36 bits per heavy atom. The van der Waals surface area contributed by atoms with Crippen LogP contribution < -0.4 is 10.9 Å². The fourth-order valence-electron chi connectivity index (χ4n) is 9.97. The highest BCUT2D eigenvalue weighted by atomic mass is 19.4. The number of hydrogen-bond acceptors (Lipinski definition) is 6. The second-order valence-corrected chi connectivity index (χ2v) is 14.2. The topological polar surface area (TPSA) is 60.1 Å². The second-order valence-electron chi connectivity index (χ2n) is 14.2. The number of carbonyl (C=O) groups excluding carboxylic acids is 1. The van der Waals surface area contributed by atoms with Crippen LogP contribution in [0.3, 0.4) is 0 Å². The highest BCUT2D eigenvalue weighted by molar-refractivity contribution is 5.82. The van der Waals surface area contributed by atoms with Gasteiger partial charge in [-0.3, -0.25) is 14.6 Å². The molecule has 2 bridgehead atoms. The molecule has 0 spiro atoms. The first-order valence-electron chi connectivity index (χ1n) is 15.6. The van der Waals surface area contributed by atoms with Crippen LogP contribution in [0.2, 0.25) is 0 Å². The van der Waals surface area contributed by atoms with Gasteiger partial charge < -0.3 is 9.64 Å². The molecule has 0 aromatic carbocycles. The number of hydrogen-bond donors (Lipinski definition) is 2. The molecule has 5 aliphatic heterocycles. The van der Waals surface area contributed by atoms with Crippen LogP contribution in [0.15, 0.2) is 0 Å². The minimum atomic E-state index is -4.24. The van der Waals surface area contributed by atoms with Crippen molar-refractivity contribution in [2.75, 3.05) is 40.0 Å². The molecule has 5 heterocycles. The standard InChI is InChI=1S/C29H46F3N5O2/c1-35-17-33-34-26(35)12-28(15-39-16-28)19-3-2-4-22(11-19)37-14-24-23(27(37)38)9-18(10-25(24)29(30,31)32)13-36-20-5-6-21(36)8-7-20/h18-26,33-34H,2-17H2,1H3. The number of amides is 1. The summed E-state index contributed by atoms with van der Waals surface area (Å²) in [6, 6.07) is 1.18. The fourth-order valence-corrected chi connectivity index (χ4v) is 9.97. The third-order valence-corrected chi connectivity index (χ3v) is 12.2. The monoisotopic (exact) mass is 553 g/mol. The summed E-state index contributed by atoms with van der Waals surface area (Å²) in [6.45, 7) is 3.34. The molecule has 0 radical (unpaired) electrons. The van der Waals surface area contributed by atoms with Gasteiger partial charge in [-0.05, 0) is 89.0 Å². The molecule has 220 valence electrons. The Balaban J connectivity index is 1.05. The normalized spacial score (nSPS) is 44.7. The van der Waals surface area contributed by atoms with Gasteiger partial charge in [-0.1, -0.05) is 6.42 Å². The predicted octanol–water partition coefficient (Wildman–Crippen LogP) is 3.57. The molecule has 5 saturated heterocycles. The molecule has 0 aromatic rings. The summed E-state index contributed by atoms with van der Waals surface area (Å²) in [5, 5.41) is 0. The van der Waals surface area contributed by atoms with E-state index in [1.54, 1.807) is 0 Å². The molecule has 1 amide bonds. The van der Waals surface area contributed by atoms with Gasteiger partial charge in [-0.25, -0.2) is 10.9 Å². The molecule has 39 heavy (non-hydrogen) atoms. The minimum Gasteiger partial charge on any atom is -0.380 e. The molecule has 2 aliphatic carbocycles. The van der Waals surface area contributed by atoms with E-state index < -0.39 is 23.9 Å². The number of rotatable bonds is 6. The number of hydrazine groups is 1. The van der Waals surface area contributed by atoms with Crippen molar-refractivity contribution >= 4 is 5.91 Å². The summed E-state index contributed by atoms with van der Waals surface area (Å²) in [6.07, 6.45) is 6.58. The van der Waals surface area contributed by atoms with E-state index in [1.807, 2.05) is 4.90 Å². The molecule has 7 rings (SSSR count). The number of carbonyl (C=O) groups is 1. The predicted molar refractivity (Wildman–Crippen MR) is 140 cm³/mol. The lowest BCUT2D eigenvalue weighted by molar-refractivity contribution is -0.204. The van der Waals surface area contributed by atoms with Crippen molar-refractivity contribution in [1.82, 2.24) is 25.6 Å². The summed E-state index contributed by atoms with van der Waals surface area (Å²) in [4.78, 5) is 20.6. The third kappa shape index (κ3) is 4.74. The Hall–Kier alpha value is -0.940.